The molecule has 0 aliphatic rings. The lowest BCUT2D eigenvalue weighted by molar-refractivity contribution is -0.167. The van der Waals surface area contributed by atoms with Gasteiger partial charge in [-0.15, -0.1) is 0 Å². The van der Waals surface area contributed by atoms with Crippen LogP contribution in [0, 0.1) is 0 Å². The van der Waals surface area contributed by atoms with Crippen LogP contribution in [0.4, 0.5) is 0 Å². The zero-order chi connectivity index (χ0) is 55.7. The van der Waals surface area contributed by atoms with Crippen molar-refractivity contribution in [1.82, 2.24) is 0 Å². The predicted octanol–water partition coefficient (Wildman–Crippen LogP) is 22.9. The number of unbranched alkanes of at least 4 members (excludes halogenated alkanes) is 38. The molecule has 0 fully saturated rings. The van der Waals surface area contributed by atoms with E-state index in [0.717, 1.165) is 89.9 Å². The standard InChI is InChI=1S/C71H126O6/c1-4-7-10-13-16-19-22-25-28-31-34-35-38-40-43-46-49-52-55-58-61-64-70(73)76-67-68(77-71(74)65-62-59-56-53-50-47-44-41-37-33-30-27-24-21-18-15-12-9-6-3)66-75-69(72)63-60-57-54-51-48-45-42-39-36-32-29-26-23-20-17-14-11-8-5-2/h7,10,16,19,25-30,34-35,68H,4-6,8-9,11-15,17-18,20-24,31-33,36-67H2,1-3H3/b10-7-,19-16-,28-25-,29-26-,30-27-,35-34-. The third-order valence-electron chi connectivity index (χ3n) is 14.7. The van der Waals surface area contributed by atoms with E-state index in [1.807, 2.05) is 0 Å². The predicted molar refractivity (Wildman–Crippen MR) is 335 cm³/mol. The second kappa shape index (κ2) is 65.4. The topological polar surface area (TPSA) is 78.9 Å². The summed E-state index contributed by atoms with van der Waals surface area (Å²) in [4.78, 5) is 38.4. The van der Waals surface area contributed by atoms with Crippen molar-refractivity contribution in [3.8, 4) is 0 Å². The zero-order valence-electron chi connectivity index (χ0n) is 51.2. The highest BCUT2D eigenvalue weighted by atomic mass is 16.6. The number of hydrogen-bond donors (Lipinski definition) is 0. The molecule has 0 bridgehead atoms. The summed E-state index contributed by atoms with van der Waals surface area (Å²) in [5, 5.41) is 0. The van der Waals surface area contributed by atoms with Crippen LogP contribution >= 0.6 is 0 Å². The van der Waals surface area contributed by atoms with Crippen LogP contribution in [0.5, 0.6) is 0 Å². The fourth-order valence-corrected chi connectivity index (χ4v) is 9.66. The van der Waals surface area contributed by atoms with Gasteiger partial charge in [0.05, 0.1) is 0 Å². The van der Waals surface area contributed by atoms with Gasteiger partial charge in [-0.25, -0.2) is 0 Å². The molecule has 0 aromatic rings. The number of rotatable bonds is 61. The van der Waals surface area contributed by atoms with Crippen molar-refractivity contribution in [2.45, 2.75) is 348 Å². The minimum Gasteiger partial charge on any atom is -0.462 e. The number of hydrogen-bond acceptors (Lipinski definition) is 6. The van der Waals surface area contributed by atoms with E-state index in [4.69, 9.17) is 14.2 Å². The van der Waals surface area contributed by atoms with Gasteiger partial charge >= 0.3 is 17.9 Å². The molecule has 77 heavy (non-hydrogen) atoms. The Morgan fingerprint density at radius 2 is 0.506 bits per heavy atom. The molecule has 0 aliphatic carbocycles. The summed E-state index contributed by atoms with van der Waals surface area (Å²) in [6.45, 7) is 6.56. The number of ether oxygens (including phenoxy) is 3. The molecule has 0 aromatic carbocycles. The normalized spacial score (nSPS) is 12.5. The number of carbonyl (C=O) groups is 3. The fourth-order valence-electron chi connectivity index (χ4n) is 9.66. The summed E-state index contributed by atoms with van der Waals surface area (Å²) in [5.74, 6) is -0.872. The van der Waals surface area contributed by atoms with Crippen LogP contribution in [0.25, 0.3) is 0 Å². The van der Waals surface area contributed by atoms with Crippen molar-refractivity contribution in [2.24, 2.45) is 0 Å². The first-order valence-corrected chi connectivity index (χ1v) is 33.4. The number of carbonyl (C=O) groups excluding carboxylic acids is 3. The molecule has 0 saturated carbocycles. The zero-order valence-corrected chi connectivity index (χ0v) is 51.2. The third kappa shape index (κ3) is 63.6. The molecule has 0 radical (unpaired) electrons. The van der Waals surface area contributed by atoms with Crippen molar-refractivity contribution in [1.29, 1.82) is 0 Å². The van der Waals surface area contributed by atoms with Gasteiger partial charge in [-0.2, -0.15) is 0 Å². The molecular formula is C71H126O6. The molecule has 6 nitrogen and oxygen atoms in total. The maximum Gasteiger partial charge on any atom is 0.306 e. The van der Waals surface area contributed by atoms with Crippen molar-refractivity contribution < 1.29 is 28.6 Å². The molecule has 0 rings (SSSR count). The molecule has 0 aliphatic heterocycles. The smallest absolute Gasteiger partial charge is 0.306 e. The van der Waals surface area contributed by atoms with Gasteiger partial charge in [0.25, 0.3) is 0 Å². The molecule has 0 saturated heterocycles. The van der Waals surface area contributed by atoms with Gasteiger partial charge in [-0.05, 0) is 109 Å². The maximum atomic E-state index is 12.9. The van der Waals surface area contributed by atoms with Crippen molar-refractivity contribution in [3.63, 3.8) is 0 Å². The highest BCUT2D eigenvalue weighted by Crippen LogP contribution is 2.17. The summed E-state index contributed by atoms with van der Waals surface area (Å²) in [6, 6.07) is 0. The number of allylic oxidation sites excluding steroid dienone is 12. The molecule has 0 heterocycles. The SMILES string of the molecule is CC/C=C\C/C=C\C/C=C\C/C=C\CCCCCCCCCCC(=O)OCC(COC(=O)CCCCCCCCCCC/C=C\CCCCCCCC)OC(=O)CCCCCCCCCCC/C=C\CCCCCCCC. The van der Waals surface area contributed by atoms with Gasteiger partial charge in [0.2, 0.25) is 0 Å². The van der Waals surface area contributed by atoms with Crippen LogP contribution in [-0.4, -0.2) is 37.2 Å². The summed E-state index contributed by atoms with van der Waals surface area (Å²) < 4.78 is 17.0. The van der Waals surface area contributed by atoms with E-state index in [0.29, 0.717) is 19.3 Å². The Morgan fingerprint density at radius 3 is 0.805 bits per heavy atom. The van der Waals surface area contributed by atoms with Crippen LogP contribution < -0.4 is 0 Å². The Labute approximate surface area is 478 Å². The first-order valence-electron chi connectivity index (χ1n) is 33.4. The lowest BCUT2D eigenvalue weighted by atomic mass is 10.1. The molecule has 0 aromatic heterocycles. The van der Waals surface area contributed by atoms with Gasteiger partial charge in [0.1, 0.15) is 13.2 Å². The van der Waals surface area contributed by atoms with E-state index < -0.39 is 6.10 Å². The first kappa shape index (κ1) is 73.8. The fraction of sp³-hybridized carbons (Fsp3) is 0.789. The van der Waals surface area contributed by atoms with E-state index in [1.165, 1.54) is 212 Å². The van der Waals surface area contributed by atoms with Crippen LogP contribution in [-0.2, 0) is 28.6 Å². The highest BCUT2D eigenvalue weighted by Gasteiger charge is 2.19. The van der Waals surface area contributed by atoms with E-state index >= 15 is 0 Å². The van der Waals surface area contributed by atoms with E-state index in [1.54, 1.807) is 0 Å². The Morgan fingerprint density at radius 1 is 0.273 bits per heavy atom. The minimum absolute atomic E-state index is 0.0777. The summed E-state index contributed by atoms with van der Waals surface area (Å²) in [6.07, 6.45) is 84.8. The van der Waals surface area contributed by atoms with Gasteiger partial charge < -0.3 is 14.2 Å². The number of esters is 3. The van der Waals surface area contributed by atoms with Gasteiger partial charge in [-0.1, -0.05) is 286 Å². The molecular weight excluding hydrogens is 949 g/mol. The van der Waals surface area contributed by atoms with Gasteiger partial charge in [0, 0.05) is 19.3 Å². The molecule has 0 N–H and O–H groups in total. The lowest BCUT2D eigenvalue weighted by Gasteiger charge is -2.18. The Balaban J connectivity index is 4.38. The van der Waals surface area contributed by atoms with Crippen LogP contribution in [0.15, 0.2) is 72.9 Å². The molecule has 0 spiro atoms. The van der Waals surface area contributed by atoms with Crippen molar-refractivity contribution in [3.05, 3.63) is 72.9 Å². The van der Waals surface area contributed by atoms with Crippen LogP contribution in [0.1, 0.15) is 342 Å². The Bertz CT molecular complexity index is 1420. The quantitative estimate of drug-likeness (QED) is 0.0261. The maximum absolute atomic E-state index is 12.9. The molecule has 0 amide bonds. The third-order valence-corrected chi connectivity index (χ3v) is 14.7. The highest BCUT2D eigenvalue weighted by molar-refractivity contribution is 5.71. The molecule has 6 heteroatoms. The van der Waals surface area contributed by atoms with Gasteiger partial charge in [0.15, 0.2) is 6.10 Å². The average molecular weight is 1080 g/mol. The van der Waals surface area contributed by atoms with E-state index in [9.17, 15) is 14.4 Å². The monoisotopic (exact) mass is 1070 g/mol. The Kier molecular flexibility index (Phi) is 62.7. The van der Waals surface area contributed by atoms with Crippen LogP contribution in [0.3, 0.4) is 0 Å². The summed E-state index contributed by atoms with van der Waals surface area (Å²) in [7, 11) is 0. The van der Waals surface area contributed by atoms with E-state index in [-0.39, 0.29) is 31.1 Å². The van der Waals surface area contributed by atoms with Crippen molar-refractivity contribution >= 4 is 17.9 Å². The second-order valence-electron chi connectivity index (χ2n) is 22.3. The van der Waals surface area contributed by atoms with E-state index in [2.05, 4.69) is 93.7 Å². The lowest BCUT2D eigenvalue weighted by Crippen LogP contribution is -2.30. The Hall–Kier alpha value is -3.15. The van der Waals surface area contributed by atoms with Crippen molar-refractivity contribution in [2.75, 3.05) is 13.2 Å². The minimum atomic E-state index is -0.782. The van der Waals surface area contributed by atoms with Crippen LogP contribution in [0.2, 0.25) is 0 Å². The molecule has 1 atom stereocenters. The molecule has 1 unspecified atom stereocenters. The first-order chi connectivity index (χ1) is 38.0. The largest absolute Gasteiger partial charge is 0.462 e. The second-order valence-corrected chi connectivity index (χ2v) is 22.3. The summed E-state index contributed by atoms with van der Waals surface area (Å²) in [5.41, 5.74) is 0. The summed E-state index contributed by atoms with van der Waals surface area (Å²) >= 11 is 0. The average Bonchev–Trinajstić information content (AvgIpc) is 3.43. The van der Waals surface area contributed by atoms with Gasteiger partial charge in [-0.3, -0.25) is 14.4 Å². The molecule has 446 valence electrons.